The number of carbonyl (C=O) groups excluding carboxylic acids is 1. The molecular formula is C10H12F2N2O. The minimum absolute atomic E-state index is 0.179. The molecule has 82 valence electrons. The Kier molecular flexibility index (Phi) is 3.74. The van der Waals surface area contributed by atoms with Gasteiger partial charge >= 0.3 is 0 Å². The van der Waals surface area contributed by atoms with Gasteiger partial charge in [-0.15, -0.1) is 0 Å². The van der Waals surface area contributed by atoms with E-state index in [1.807, 2.05) is 0 Å². The standard InChI is InChI=1S/C10H12F2N2O/c1-14(13)10(15)5-3-7-2-4-8(11)9(12)6-7/h2,4,6H,3,5,13H2,1H3. The maximum Gasteiger partial charge on any atom is 0.236 e. The molecular weight excluding hydrogens is 202 g/mol. The minimum Gasteiger partial charge on any atom is -0.284 e. The Morgan fingerprint density at radius 1 is 1.40 bits per heavy atom. The lowest BCUT2D eigenvalue weighted by Gasteiger charge is -2.09. The van der Waals surface area contributed by atoms with Gasteiger partial charge in [-0.2, -0.15) is 0 Å². The number of rotatable bonds is 3. The fourth-order valence-electron chi connectivity index (χ4n) is 1.12. The van der Waals surface area contributed by atoms with Crippen molar-refractivity contribution >= 4 is 5.91 Å². The fourth-order valence-corrected chi connectivity index (χ4v) is 1.12. The second-order valence-corrected chi connectivity index (χ2v) is 3.25. The van der Waals surface area contributed by atoms with Gasteiger partial charge in [-0.3, -0.25) is 9.80 Å². The number of nitrogens with zero attached hydrogens (tertiary/aromatic N) is 1. The quantitative estimate of drug-likeness (QED) is 0.467. The van der Waals surface area contributed by atoms with Crippen LogP contribution in [0.15, 0.2) is 18.2 Å². The van der Waals surface area contributed by atoms with E-state index in [2.05, 4.69) is 0 Å². The van der Waals surface area contributed by atoms with Crippen LogP contribution in [0.25, 0.3) is 0 Å². The smallest absolute Gasteiger partial charge is 0.236 e. The molecule has 0 radical (unpaired) electrons. The summed E-state index contributed by atoms with van der Waals surface area (Å²) in [6, 6.07) is 3.57. The normalized spacial score (nSPS) is 10.1. The van der Waals surface area contributed by atoms with Gasteiger partial charge in [-0.05, 0) is 24.1 Å². The van der Waals surface area contributed by atoms with Gasteiger partial charge in [0.25, 0.3) is 0 Å². The predicted octanol–water partition coefficient (Wildman–Crippen LogP) is 1.23. The molecule has 0 saturated heterocycles. The Balaban J connectivity index is 2.58. The molecule has 3 nitrogen and oxygen atoms in total. The molecule has 1 aromatic carbocycles. The number of halogens is 2. The van der Waals surface area contributed by atoms with Gasteiger partial charge in [0.05, 0.1) is 0 Å². The van der Waals surface area contributed by atoms with E-state index < -0.39 is 11.6 Å². The summed E-state index contributed by atoms with van der Waals surface area (Å²) in [5.74, 6) is 3.16. The summed E-state index contributed by atoms with van der Waals surface area (Å²) >= 11 is 0. The summed E-state index contributed by atoms with van der Waals surface area (Å²) in [6.07, 6.45) is 0.523. The lowest BCUT2D eigenvalue weighted by atomic mass is 10.1. The van der Waals surface area contributed by atoms with Crippen LogP contribution in [0.5, 0.6) is 0 Å². The first-order chi connectivity index (χ1) is 7.00. The van der Waals surface area contributed by atoms with E-state index in [-0.39, 0.29) is 12.3 Å². The molecule has 2 N–H and O–H groups in total. The highest BCUT2D eigenvalue weighted by Gasteiger charge is 2.07. The highest BCUT2D eigenvalue weighted by Crippen LogP contribution is 2.10. The molecule has 0 aliphatic carbocycles. The van der Waals surface area contributed by atoms with Crippen LogP contribution in [-0.2, 0) is 11.2 Å². The van der Waals surface area contributed by atoms with Crippen molar-refractivity contribution in [2.75, 3.05) is 7.05 Å². The highest BCUT2D eigenvalue weighted by atomic mass is 19.2. The van der Waals surface area contributed by atoms with Gasteiger partial charge in [-0.25, -0.2) is 14.6 Å². The lowest BCUT2D eigenvalue weighted by molar-refractivity contribution is -0.130. The molecule has 0 atom stereocenters. The molecule has 0 saturated carbocycles. The van der Waals surface area contributed by atoms with Crippen molar-refractivity contribution in [1.29, 1.82) is 0 Å². The Morgan fingerprint density at radius 3 is 2.60 bits per heavy atom. The summed E-state index contributed by atoms with van der Waals surface area (Å²) in [4.78, 5) is 11.1. The van der Waals surface area contributed by atoms with E-state index in [1.165, 1.54) is 13.1 Å². The first-order valence-electron chi connectivity index (χ1n) is 4.46. The van der Waals surface area contributed by atoms with Crippen molar-refractivity contribution < 1.29 is 13.6 Å². The molecule has 1 amide bonds. The van der Waals surface area contributed by atoms with E-state index in [1.54, 1.807) is 0 Å². The van der Waals surface area contributed by atoms with Crippen LogP contribution in [0.3, 0.4) is 0 Å². The topological polar surface area (TPSA) is 46.3 Å². The molecule has 1 aromatic rings. The third-order valence-electron chi connectivity index (χ3n) is 2.00. The summed E-state index contributed by atoms with van der Waals surface area (Å²) in [5.41, 5.74) is 0.573. The lowest BCUT2D eigenvalue weighted by Crippen LogP contribution is -2.33. The Labute approximate surface area is 86.5 Å². The first kappa shape index (κ1) is 11.6. The maximum atomic E-state index is 12.8. The molecule has 0 aliphatic heterocycles. The van der Waals surface area contributed by atoms with E-state index >= 15 is 0 Å². The van der Waals surface area contributed by atoms with E-state index in [4.69, 9.17) is 5.84 Å². The molecule has 0 bridgehead atoms. The molecule has 0 fully saturated rings. The first-order valence-corrected chi connectivity index (χ1v) is 4.46. The zero-order valence-corrected chi connectivity index (χ0v) is 8.34. The average Bonchev–Trinajstić information content (AvgIpc) is 2.19. The van der Waals surface area contributed by atoms with E-state index in [0.29, 0.717) is 12.0 Å². The van der Waals surface area contributed by atoms with Crippen molar-refractivity contribution in [3.63, 3.8) is 0 Å². The Hall–Kier alpha value is -1.49. The molecule has 0 heterocycles. The maximum absolute atomic E-state index is 12.8. The number of nitrogens with two attached hydrogens (primary N) is 1. The number of hydrazine groups is 1. The number of aryl methyl sites for hydroxylation is 1. The van der Waals surface area contributed by atoms with Crippen LogP contribution in [0.1, 0.15) is 12.0 Å². The molecule has 0 aromatic heterocycles. The monoisotopic (exact) mass is 214 g/mol. The van der Waals surface area contributed by atoms with Crippen molar-refractivity contribution in [3.8, 4) is 0 Å². The van der Waals surface area contributed by atoms with Crippen LogP contribution in [-0.4, -0.2) is 18.0 Å². The van der Waals surface area contributed by atoms with Crippen LogP contribution < -0.4 is 5.84 Å². The number of hydrogen-bond acceptors (Lipinski definition) is 2. The summed E-state index contributed by atoms with van der Waals surface area (Å²) in [7, 11) is 1.44. The fraction of sp³-hybridized carbons (Fsp3) is 0.300. The van der Waals surface area contributed by atoms with Gasteiger partial charge < -0.3 is 0 Å². The van der Waals surface area contributed by atoms with E-state index in [0.717, 1.165) is 17.1 Å². The molecule has 1 rings (SSSR count). The average molecular weight is 214 g/mol. The third-order valence-corrected chi connectivity index (χ3v) is 2.00. The number of amides is 1. The summed E-state index contributed by atoms with van der Waals surface area (Å²) < 4.78 is 25.3. The van der Waals surface area contributed by atoms with Gasteiger partial charge in [0, 0.05) is 13.5 Å². The summed E-state index contributed by atoms with van der Waals surface area (Å²) in [6.45, 7) is 0. The van der Waals surface area contributed by atoms with Gasteiger partial charge in [0.2, 0.25) is 5.91 Å². The molecule has 15 heavy (non-hydrogen) atoms. The van der Waals surface area contributed by atoms with Gasteiger partial charge in [0.15, 0.2) is 11.6 Å². The second kappa shape index (κ2) is 4.84. The largest absolute Gasteiger partial charge is 0.284 e. The zero-order valence-electron chi connectivity index (χ0n) is 8.34. The number of carbonyl (C=O) groups is 1. The van der Waals surface area contributed by atoms with Crippen molar-refractivity contribution in [2.45, 2.75) is 12.8 Å². The number of hydrogen-bond donors (Lipinski definition) is 1. The molecule has 0 aliphatic rings. The van der Waals surface area contributed by atoms with Crippen LogP contribution in [0.4, 0.5) is 8.78 Å². The van der Waals surface area contributed by atoms with Gasteiger partial charge in [-0.1, -0.05) is 6.07 Å². The Morgan fingerprint density at radius 2 is 2.07 bits per heavy atom. The zero-order chi connectivity index (χ0) is 11.4. The SMILES string of the molecule is CN(N)C(=O)CCc1ccc(F)c(F)c1. The Bertz CT molecular complexity index is 366. The van der Waals surface area contributed by atoms with Crippen molar-refractivity contribution in [1.82, 2.24) is 5.01 Å². The van der Waals surface area contributed by atoms with Crippen LogP contribution >= 0.6 is 0 Å². The van der Waals surface area contributed by atoms with Crippen LogP contribution in [0, 0.1) is 11.6 Å². The van der Waals surface area contributed by atoms with Crippen molar-refractivity contribution in [2.24, 2.45) is 5.84 Å². The van der Waals surface area contributed by atoms with E-state index in [9.17, 15) is 13.6 Å². The minimum atomic E-state index is -0.902. The highest BCUT2D eigenvalue weighted by molar-refractivity contribution is 5.75. The van der Waals surface area contributed by atoms with Crippen molar-refractivity contribution in [3.05, 3.63) is 35.4 Å². The number of benzene rings is 1. The molecule has 0 unspecified atom stereocenters. The molecule has 0 spiro atoms. The third kappa shape index (κ3) is 3.28. The van der Waals surface area contributed by atoms with Crippen LogP contribution in [0.2, 0.25) is 0 Å². The van der Waals surface area contributed by atoms with Gasteiger partial charge in [0.1, 0.15) is 0 Å². The molecule has 5 heteroatoms. The summed E-state index contributed by atoms with van der Waals surface area (Å²) in [5, 5.41) is 0.972. The predicted molar refractivity (Wildman–Crippen MR) is 51.6 cm³/mol. The second-order valence-electron chi connectivity index (χ2n) is 3.25.